The average Bonchev–Trinajstić information content (AvgIpc) is 2.96. The van der Waals surface area contributed by atoms with Crippen LogP contribution >= 0.6 is 0 Å². The molecule has 3 heterocycles. The summed E-state index contributed by atoms with van der Waals surface area (Å²) >= 11 is 0. The zero-order chi connectivity index (χ0) is 14.8. The van der Waals surface area contributed by atoms with Gasteiger partial charge in [0.1, 0.15) is 11.2 Å². The minimum absolute atomic E-state index is 0.198. The molecule has 0 aliphatic heterocycles. The largest absolute Gasteiger partial charge is 0.381 e. The molecule has 22 heavy (non-hydrogen) atoms. The fraction of sp³-hybridized carbons (Fsp3) is 0.357. The van der Waals surface area contributed by atoms with Crippen molar-refractivity contribution in [2.75, 3.05) is 5.73 Å². The lowest BCUT2D eigenvalue weighted by Gasteiger charge is -2.23. The quantitative estimate of drug-likeness (QED) is 0.745. The molecule has 2 aliphatic rings. The van der Waals surface area contributed by atoms with Crippen molar-refractivity contribution >= 4 is 17.0 Å². The van der Waals surface area contributed by atoms with Gasteiger partial charge in [-0.15, -0.1) is 0 Å². The summed E-state index contributed by atoms with van der Waals surface area (Å²) in [6, 6.07) is 0. The van der Waals surface area contributed by atoms with Gasteiger partial charge in [-0.05, 0) is 24.7 Å². The van der Waals surface area contributed by atoms with Crippen LogP contribution in [0.3, 0.4) is 0 Å². The van der Waals surface area contributed by atoms with E-state index in [4.69, 9.17) is 10.7 Å². The van der Waals surface area contributed by atoms with Gasteiger partial charge in [0.25, 0.3) is 0 Å². The predicted molar refractivity (Wildman–Crippen MR) is 76.0 cm³/mol. The van der Waals surface area contributed by atoms with E-state index < -0.39 is 5.82 Å². The maximum absolute atomic E-state index is 13.2. The van der Waals surface area contributed by atoms with E-state index in [-0.39, 0.29) is 11.6 Å². The number of rotatable bonds is 2. The first kappa shape index (κ1) is 12.0. The van der Waals surface area contributed by atoms with Crippen molar-refractivity contribution in [3.8, 4) is 11.5 Å². The molecule has 2 fully saturated rings. The summed E-state index contributed by atoms with van der Waals surface area (Å²) in [6.07, 6.45) is 5.34. The van der Waals surface area contributed by atoms with E-state index in [0.717, 1.165) is 23.7 Å². The lowest BCUT2D eigenvalue weighted by Crippen LogP contribution is -2.15. The molecule has 3 aromatic rings. The third kappa shape index (κ3) is 1.57. The van der Waals surface area contributed by atoms with E-state index in [9.17, 15) is 4.39 Å². The highest BCUT2D eigenvalue weighted by Crippen LogP contribution is 2.63. The van der Waals surface area contributed by atoms with Crippen molar-refractivity contribution < 1.29 is 4.39 Å². The van der Waals surface area contributed by atoms with Crippen molar-refractivity contribution in [2.24, 2.45) is 11.8 Å². The Balaban J connectivity index is 1.63. The van der Waals surface area contributed by atoms with Crippen molar-refractivity contribution in [3.63, 3.8) is 0 Å². The Morgan fingerprint density at radius 1 is 1.18 bits per heavy atom. The van der Waals surface area contributed by atoms with Crippen LogP contribution in [-0.2, 0) is 0 Å². The second kappa shape index (κ2) is 3.96. The van der Waals surface area contributed by atoms with Gasteiger partial charge < -0.3 is 5.73 Å². The van der Waals surface area contributed by atoms with Crippen molar-refractivity contribution in [3.05, 3.63) is 23.9 Å². The highest BCUT2D eigenvalue weighted by molar-refractivity contribution is 5.85. The maximum atomic E-state index is 13.2. The molecule has 8 heteroatoms. The second-order valence-electron chi connectivity index (χ2n) is 5.99. The molecule has 0 amide bonds. The van der Waals surface area contributed by atoms with Crippen molar-refractivity contribution in [1.29, 1.82) is 0 Å². The molecule has 3 unspecified atom stereocenters. The minimum atomic E-state index is -0.645. The summed E-state index contributed by atoms with van der Waals surface area (Å²) in [7, 11) is 0. The lowest BCUT2D eigenvalue weighted by molar-refractivity contribution is 0.380. The molecule has 0 bridgehead atoms. The van der Waals surface area contributed by atoms with E-state index >= 15 is 0 Å². The molecule has 2 aliphatic carbocycles. The molecule has 3 atom stereocenters. The van der Waals surface area contributed by atoms with Crippen LogP contribution < -0.4 is 5.73 Å². The van der Waals surface area contributed by atoms with Gasteiger partial charge in [0.2, 0.25) is 0 Å². The van der Waals surface area contributed by atoms with Gasteiger partial charge in [-0.2, -0.15) is 5.10 Å². The number of aromatic amines is 1. The number of hydrogen-bond acceptors (Lipinski definition) is 6. The molecule has 0 aromatic carbocycles. The fourth-order valence-corrected chi connectivity index (χ4v) is 3.32. The number of aromatic nitrogens is 6. The Labute approximate surface area is 124 Å². The summed E-state index contributed by atoms with van der Waals surface area (Å²) in [6.45, 7) is 0. The van der Waals surface area contributed by atoms with Gasteiger partial charge in [-0.1, -0.05) is 0 Å². The number of hydrogen-bond donors (Lipinski definition) is 2. The van der Waals surface area contributed by atoms with Crippen LogP contribution in [0.25, 0.3) is 22.7 Å². The van der Waals surface area contributed by atoms with Gasteiger partial charge in [0.15, 0.2) is 23.1 Å². The highest BCUT2D eigenvalue weighted by Gasteiger charge is 2.54. The first-order valence-corrected chi connectivity index (χ1v) is 7.20. The van der Waals surface area contributed by atoms with Gasteiger partial charge in [0.05, 0.1) is 18.1 Å². The number of anilines is 1. The summed E-state index contributed by atoms with van der Waals surface area (Å²) < 4.78 is 13.2. The summed E-state index contributed by atoms with van der Waals surface area (Å²) in [5.74, 6) is 1.60. The van der Waals surface area contributed by atoms with Crippen LogP contribution in [-0.4, -0.2) is 30.1 Å². The van der Waals surface area contributed by atoms with Crippen LogP contribution in [0.4, 0.5) is 10.2 Å². The highest BCUT2D eigenvalue weighted by atomic mass is 19.1. The summed E-state index contributed by atoms with van der Waals surface area (Å²) in [5.41, 5.74) is 8.11. The molecule has 7 nitrogen and oxygen atoms in total. The molecule has 2 saturated carbocycles. The maximum Gasteiger partial charge on any atom is 0.200 e. The third-order valence-electron chi connectivity index (χ3n) is 4.71. The van der Waals surface area contributed by atoms with Gasteiger partial charge >= 0.3 is 0 Å². The lowest BCUT2D eigenvalue weighted by atomic mass is 9.83. The van der Waals surface area contributed by atoms with Gasteiger partial charge in [0, 0.05) is 5.92 Å². The first-order valence-electron chi connectivity index (χ1n) is 7.20. The van der Waals surface area contributed by atoms with E-state index in [0.29, 0.717) is 22.8 Å². The molecule has 5 rings (SSSR count). The Kier molecular flexibility index (Phi) is 2.15. The number of nitrogens with one attached hydrogen (secondary N) is 1. The summed E-state index contributed by atoms with van der Waals surface area (Å²) in [4.78, 5) is 17.0. The molecule has 110 valence electrons. The number of nitrogen functional groups attached to an aromatic ring is 1. The number of nitrogens with zero attached hydrogens (tertiary/aromatic N) is 5. The number of fused-ring (bicyclic) bond motifs is 2. The molecular formula is C14H12FN7. The third-order valence-corrected chi connectivity index (χ3v) is 4.71. The van der Waals surface area contributed by atoms with E-state index in [1.807, 2.05) is 0 Å². The SMILES string of the molecule is Nc1nc(-c2[nH]nc3ncc(C4CC5CC54)nc23)ncc1F. The zero-order valence-corrected chi connectivity index (χ0v) is 11.5. The standard InChI is InChI=1S/C14H12FN7/c15-8-3-17-13(20-12(8)16)11-10-14(22-21-11)18-4-9(19-10)7-2-5-1-6(5)7/h3-7H,1-2H2,(H2,16,17,20)(H,18,21,22). The molecule has 3 N–H and O–H groups in total. The number of H-pyrrole nitrogens is 1. The number of nitrogens with two attached hydrogens (primary N) is 1. The Morgan fingerprint density at radius 3 is 2.82 bits per heavy atom. The molecule has 0 saturated heterocycles. The predicted octanol–water partition coefficient (Wildman–Crippen LogP) is 1.65. The fourth-order valence-electron chi connectivity index (χ4n) is 3.32. The summed E-state index contributed by atoms with van der Waals surface area (Å²) in [5, 5.41) is 6.93. The molecular weight excluding hydrogens is 285 g/mol. The molecule has 3 aromatic heterocycles. The normalized spacial score (nSPS) is 25.8. The molecule has 0 radical (unpaired) electrons. The van der Waals surface area contributed by atoms with Crippen molar-refractivity contribution in [1.82, 2.24) is 30.1 Å². The second-order valence-corrected chi connectivity index (χ2v) is 5.99. The Hall–Kier alpha value is -2.64. The number of halogens is 1. The van der Waals surface area contributed by atoms with Gasteiger partial charge in [-0.25, -0.2) is 24.3 Å². The van der Waals surface area contributed by atoms with Crippen molar-refractivity contribution in [2.45, 2.75) is 18.8 Å². The van der Waals surface area contributed by atoms with Crippen LogP contribution in [0.1, 0.15) is 24.5 Å². The topological polar surface area (TPSA) is 106 Å². The van der Waals surface area contributed by atoms with Gasteiger partial charge in [-0.3, -0.25) is 5.10 Å². The monoisotopic (exact) mass is 297 g/mol. The Bertz CT molecular complexity index is 905. The van der Waals surface area contributed by atoms with E-state index in [1.165, 1.54) is 12.8 Å². The first-order chi connectivity index (χ1) is 10.7. The Morgan fingerprint density at radius 2 is 2.09 bits per heavy atom. The zero-order valence-electron chi connectivity index (χ0n) is 11.5. The van der Waals surface area contributed by atoms with Crippen LogP contribution in [0.2, 0.25) is 0 Å². The average molecular weight is 297 g/mol. The van der Waals surface area contributed by atoms with E-state index in [2.05, 4.69) is 25.1 Å². The smallest absolute Gasteiger partial charge is 0.200 e. The van der Waals surface area contributed by atoms with Crippen LogP contribution in [0.5, 0.6) is 0 Å². The van der Waals surface area contributed by atoms with Crippen LogP contribution in [0, 0.1) is 17.7 Å². The van der Waals surface area contributed by atoms with E-state index in [1.54, 1.807) is 6.20 Å². The van der Waals surface area contributed by atoms with Crippen LogP contribution in [0.15, 0.2) is 12.4 Å². The minimum Gasteiger partial charge on any atom is -0.381 e. The molecule has 0 spiro atoms.